The molecule has 15 rings (SSSR count). The van der Waals surface area contributed by atoms with Crippen molar-refractivity contribution in [2.75, 3.05) is 9.80 Å². The number of hydrogen-bond donors (Lipinski definition) is 0. The largest absolute Gasteiger partial charge is 0.454 e. The summed E-state index contributed by atoms with van der Waals surface area (Å²) in [5.41, 5.74) is 25.2. The van der Waals surface area contributed by atoms with Gasteiger partial charge in [-0.25, -0.2) is 0 Å². The third-order valence-electron chi connectivity index (χ3n) is 19.1. The van der Waals surface area contributed by atoms with E-state index in [-0.39, 0.29) is 33.8 Å². The van der Waals surface area contributed by atoms with E-state index in [1.165, 1.54) is 82.5 Å². The molecule has 0 radical (unpaired) electrons. The van der Waals surface area contributed by atoms with E-state index in [0.717, 1.165) is 72.8 Å². The second kappa shape index (κ2) is 18.4. The lowest BCUT2D eigenvalue weighted by Crippen LogP contribution is -2.61. The van der Waals surface area contributed by atoms with Crippen LogP contribution in [0, 0.1) is 0 Å². The van der Waals surface area contributed by atoms with Crippen molar-refractivity contribution in [2.24, 2.45) is 0 Å². The fourth-order valence-electron chi connectivity index (χ4n) is 14.3. The minimum absolute atomic E-state index is 0.0200. The zero-order chi connectivity index (χ0) is 59.9. The Bertz CT molecular complexity index is 4830. The van der Waals surface area contributed by atoms with E-state index in [9.17, 15) is 0 Å². The number of benzene rings is 10. The van der Waals surface area contributed by atoms with E-state index in [0.29, 0.717) is 0 Å². The molecule has 0 aliphatic carbocycles. The molecule has 5 heterocycles. The Hall–Kier alpha value is -8.74. The molecule has 2 aliphatic rings. The highest BCUT2D eigenvalue weighted by molar-refractivity contribution is 7.00. The van der Waals surface area contributed by atoms with Gasteiger partial charge < -0.3 is 23.4 Å². The van der Waals surface area contributed by atoms with Gasteiger partial charge in [0.15, 0.2) is 5.58 Å². The number of rotatable bonds is 4. The minimum atomic E-state index is -0.209. The molecular weight excluding hydrogens is 1040 g/mol. The van der Waals surface area contributed by atoms with E-state index >= 15 is 0 Å². The molecule has 0 unspecified atom stereocenters. The van der Waals surface area contributed by atoms with Gasteiger partial charge in [0.1, 0.15) is 11.3 Å². The minimum Gasteiger partial charge on any atom is -0.454 e. The molecule has 2 aliphatic heterocycles. The number of furan rings is 1. The SMILES string of the molecule is CC(C)(C)c1ccc(N2c3ccc(C(C)(C)C)cc3B3c4cc5c(oc6ccccc65)c(-n5c6ccc(C(C)(C)C)cc6c6cc(C(C)(C)C)ccc65)c4N(c4ccc(C(C)(C)C)cc4)c4cc(-n5c6ccccc6c6ccccc65)cc2c43)cc1. The van der Waals surface area contributed by atoms with Gasteiger partial charge in [-0.1, -0.05) is 213 Å². The molecule has 6 heteroatoms. The lowest BCUT2D eigenvalue weighted by molar-refractivity contribution is 0.590. The fraction of sp³-hybridized carbons (Fsp3) is 0.250. The molecule has 0 spiro atoms. The molecule has 5 nitrogen and oxygen atoms in total. The third kappa shape index (κ3) is 8.18. The smallest absolute Gasteiger partial charge is 0.252 e. The van der Waals surface area contributed by atoms with Crippen molar-refractivity contribution < 1.29 is 4.42 Å². The molecule has 426 valence electrons. The van der Waals surface area contributed by atoms with Gasteiger partial charge in [-0.2, -0.15) is 0 Å². The Balaban J connectivity index is 1.17. The van der Waals surface area contributed by atoms with Crippen LogP contribution < -0.4 is 26.2 Å². The Morgan fingerprint density at radius 3 is 1.26 bits per heavy atom. The van der Waals surface area contributed by atoms with Gasteiger partial charge in [-0.3, -0.25) is 0 Å². The molecule has 0 saturated heterocycles. The molecule has 0 saturated carbocycles. The van der Waals surface area contributed by atoms with Crippen molar-refractivity contribution in [3.8, 4) is 11.4 Å². The first-order valence-corrected chi connectivity index (χ1v) is 31.0. The molecule has 0 N–H and O–H groups in total. The van der Waals surface area contributed by atoms with Crippen molar-refractivity contribution in [3.05, 3.63) is 222 Å². The molecule has 0 amide bonds. The molecule has 0 fully saturated rings. The molecular formula is C80H77BN4O. The molecule has 10 aromatic carbocycles. The second-order valence-electron chi connectivity index (χ2n) is 29.9. The van der Waals surface area contributed by atoms with Crippen molar-refractivity contribution in [1.29, 1.82) is 0 Å². The first-order valence-electron chi connectivity index (χ1n) is 31.0. The Morgan fingerprint density at radius 1 is 0.302 bits per heavy atom. The summed E-state index contributed by atoms with van der Waals surface area (Å²) in [6.45, 7) is 34.7. The van der Waals surface area contributed by atoms with E-state index in [1.807, 2.05) is 0 Å². The summed E-state index contributed by atoms with van der Waals surface area (Å²) in [6.07, 6.45) is 0. The lowest BCUT2D eigenvalue weighted by Gasteiger charge is -2.45. The standard InChI is InChI=1S/C80H77BN4O/c1-76(2,3)48-28-35-53(36-29-48)82-68-41-34-52(80(13,14)15)44-62(68)81-63-47-61-58-24-18-21-27-71(58)86-75(61)74(85-66-39-32-50(78(7,8)9)42-59(66)60-43-51(79(10,11)12)33-40-67(60)85)73(63)84(54-37-30-49(31-38-54)77(4,5)6)70-46-55(45-69(82)72(70)81)83-64-25-19-16-22-56(64)57-23-17-20-26-65(57)83/h16-47H,1-15H3. The van der Waals surface area contributed by atoms with Crippen molar-refractivity contribution in [1.82, 2.24) is 9.13 Å². The highest BCUT2D eigenvalue weighted by atomic mass is 16.3. The average molecular weight is 1120 g/mol. The first-order chi connectivity index (χ1) is 40.8. The quantitative estimate of drug-likeness (QED) is 0.165. The highest BCUT2D eigenvalue weighted by Crippen LogP contribution is 2.52. The molecule has 13 aromatic rings. The number of nitrogens with zero attached hydrogens (tertiary/aromatic N) is 4. The molecule has 0 atom stereocenters. The van der Waals surface area contributed by atoms with Crippen molar-refractivity contribution in [3.63, 3.8) is 0 Å². The number of fused-ring (bicyclic) bond motifs is 13. The van der Waals surface area contributed by atoms with Gasteiger partial charge in [0.25, 0.3) is 6.71 Å². The summed E-state index contributed by atoms with van der Waals surface area (Å²) >= 11 is 0. The summed E-state index contributed by atoms with van der Waals surface area (Å²) in [7, 11) is 0. The van der Waals surface area contributed by atoms with Crippen LogP contribution in [0.3, 0.4) is 0 Å². The predicted molar refractivity (Wildman–Crippen MR) is 370 cm³/mol. The van der Waals surface area contributed by atoms with Crippen LogP contribution in [0.15, 0.2) is 199 Å². The molecule has 0 bridgehead atoms. The van der Waals surface area contributed by atoms with Crippen LogP contribution in [0.25, 0.3) is 76.9 Å². The van der Waals surface area contributed by atoms with Crippen LogP contribution in [-0.2, 0) is 27.1 Å². The summed E-state index contributed by atoms with van der Waals surface area (Å²) in [6, 6.07) is 74.9. The fourth-order valence-corrected chi connectivity index (χ4v) is 14.3. The van der Waals surface area contributed by atoms with Gasteiger partial charge in [-0.05, 0) is 156 Å². The normalized spacial score (nSPS) is 13.9. The highest BCUT2D eigenvalue weighted by Gasteiger charge is 2.47. The maximum Gasteiger partial charge on any atom is 0.252 e. The molecule has 3 aromatic heterocycles. The summed E-state index contributed by atoms with van der Waals surface area (Å²) in [5, 5.41) is 7.13. The Morgan fingerprint density at radius 2 is 0.733 bits per heavy atom. The Kier molecular flexibility index (Phi) is 11.5. The number of hydrogen-bond acceptors (Lipinski definition) is 3. The summed E-state index contributed by atoms with van der Waals surface area (Å²) in [4.78, 5) is 5.23. The van der Waals surface area contributed by atoms with Crippen LogP contribution in [0.2, 0.25) is 0 Å². The molecule has 86 heavy (non-hydrogen) atoms. The van der Waals surface area contributed by atoms with E-state index < -0.39 is 0 Å². The van der Waals surface area contributed by atoms with E-state index in [1.54, 1.807) is 0 Å². The predicted octanol–water partition coefficient (Wildman–Crippen LogP) is 20.4. The van der Waals surface area contributed by atoms with E-state index in [2.05, 4.69) is 317 Å². The maximum atomic E-state index is 7.53. The second-order valence-corrected chi connectivity index (χ2v) is 29.9. The average Bonchev–Trinajstić information content (AvgIpc) is 1.08. The van der Waals surface area contributed by atoms with Gasteiger partial charge in [-0.15, -0.1) is 0 Å². The van der Waals surface area contributed by atoms with Crippen LogP contribution in [-0.4, -0.2) is 15.8 Å². The first kappa shape index (κ1) is 54.0. The van der Waals surface area contributed by atoms with E-state index in [4.69, 9.17) is 4.42 Å². The zero-order valence-corrected chi connectivity index (χ0v) is 52.7. The third-order valence-corrected chi connectivity index (χ3v) is 19.1. The summed E-state index contributed by atoms with van der Waals surface area (Å²) in [5.74, 6) is 0. The maximum absolute atomic E-state index is 7.53. The topological polar surface area (TPSA) is 29.5 Å². The van der Waals surface area contributed by atoms with Crippen LogP contribution >= 0.6 is 0 Å². The van der Waals surface area contributed by atoms with Crippen LogP contribution in [0.5, 0.6) is 0 Å². The zero-order valence-electron chi connectivity index (χ0n) is 52.7. The van der Waals surface area contributed by atoms with Crippen LogP contribution in [0.1, 0.15) is 132 Å². The van der Waals surface area contributed by atoms with Gasteiger partial charge >= 0.3 is 0 Å². The van der Waals surface area contributed by atoms with Crippen molar-refractivity contribution in [2.45, 2.75) is 131 Å². The van der Waals surface area contributed by atoms with Gasteiger partial charge in [0.05, 0.1) is 33.4 Å². The Labute approximate surface area is 507 Å². The van der Waals surface area contributed by atoms with Gasteiger partial charge in [0, 0.05) is 60.8 Å². The summed E-state index contributed by atoms with van der Waals surface area (Å²) < 4.78 is 12.6. The van der Waals surface area contributed by atoms with Gasteiger partial charge in [0.2, 0.25) is 0 Å². The number of aromatic nitrogens is 2. The van der Waals surface area contributed by atoms with Crippen LogP contribution in [0.4, 0.5) is 34.1 Å². The van der Waals surface area contributed by atoms with Crippen molar-refractivity contribution >= 4 is 123 Å². The number of para-hydroxylation sites is 3. The monoisotopic (exact) mass is 1120 g/mol. The number of anilines is 6. The lowest BCUT2D eigenvalue weighted by atomic mass is 9.33.